The van der Waals surface area contributed by atoms with Gasteiger partial charge in [0.2, 0.25) is 0 Å². The molecular formula is C13H18FNOS. The van der Waals surface area contributed by atoms with Crippen molar-refractivity contribution in [3.8, 4) is 0 Å². The summed E-state index contributed by atoms with van der Waals surface area (Å²) < 4.78 is 24.7. The van der Waals surface area contributed by atoms with Crippen LogP contribution >= 0.6 is 0 Å². The number of hydrogen-bond acceptors (Lipinski definition) is 2. The summed E-state index contributed by atoms with van der Waals surface area (Å²) in [5, 5.41) is 3.35. The molecule has 1 aliphatic rings. The van der Waals surface area contributed by atoms with E-state index in [0.29, 0.717) is 12.6 Å². The van der Waals surface area contributed by atoms with Crippen LogP contribution in [-0.4, -0.2) is 21.8 Å². The normalized spacial score (nSPS) is 24.8. The quantitative estimate of drug-likeness (QED) is 0.896. The first-order valence-electron chi connectivity index (χ1n) is 5.98. The van der Waals surface area contributed by atoms with Crippen LogP contribution in [0, 0.1) is 12.7 Å². The van der Waals surface area contributed by atoms with Crippen LogP contribution in [0.1, 0.15) is 24.0 Å². The average Bonchev–Trinajstić information content (AvgIpc) is 2.32. The third kappa shape index (κ3) is 3.61. The lowest BCUT2D eigenvalue weighted by Crippen LogP contribution is -2.35. The van der Waals surface area contributed by atoms with Crippen molar-refractivity contribution in [2.45, 2.75) is 32.4 Å². The lowest BCUT2D eigenvalue weighted by atomic mass is 10.1. The van der Waals surface area contributed by atoms with Gasteiger partial charge in [-0.05, 0) is 25.8 Å². The van der Waals surface area contributed by atoms with Crippen molar-refractivity contribution in [1.29, 1.82) is 0 Å². The van der Waals surface area contributed by atoms with Crippen molar-refractivity contribution in [3.63, 3.8) is 0 Å². The molecular weight excluding hydrogens is 237 g/mol. The smallest absolute Gasteiger partial charge is 0.127 e. The lowest BCUT2D eigenvalue weighted by Gasteiger charge is -2.22. The van der Waals surface area contributed by atoms with Gasteiger partial charge in [-0.15, -0.1) is 0 Å². The topological polar surface area (TPSA) is 29.1 Å². The maximum absolute atomic E-state index is 13.5. The predicted octanol–water partition coefficient (Wildman–Crippen LogP) is 2.13. The third-order valence-electron chi connectivity index (χ3n) is 3.17. The molecule has 2 rings (SSSR count). The molecule has 1 aliphatic heterocycles. The van der Waals surface area contributed by atoms with Crippen molar-refractivity contribution >= 4 is 10.8 Å². The molecule has 0 unspecified atom stereocenters. The van der Waals surface area contributed by atoms with E-state index >= 15 is 0 Å². The lowest BCUT2D eigenvalue weighted by molar-refractivity contribution is 0.467. The summed E-state index contributed by atoms with van der Waals surface area (Å²) in [6.45, 7) is 2.53. The standard InChI is InChI=1S/C13H18FNOS/c1-10-2-3-13(14)11(8-10)9-15-12-4-6-17(16)7-5-12/h2-3,8,12,15H,4-7,9H2,1H3. The Morgan fingerprint density at radius 2 is 2.12 bits per heavy atom. The second-order valence-corrected chi connectivity index (χ2v) is 6.29. The van der Waals surface area contributed by atoms with Crippen molar-refractivity contribution in [1.82, 2.24) is 5.32 Å². The maximum atomic E-state index is 13.5. The number of aryl methyl sites for hydroxylation is 1. The first-order chi connectivity index (χ1) is 8.15. The molecule has 0 bridgehead atoms. The van der Waals surface area contributed by atoms with Gasteiger partial charge < -0.3 is 5.32 Å². The summed E-state index contributed by atoms with van der Waals surface area (Å²) in [6.07, 6.45) is 1.86. The minimum atomic E-state index is -0.631. The molecule has 0 saturated carbocycles. The molecule has 0 radical (unpaired) electrons. The second kappa shape index (κ2) is 5.74. The van der Waals surface area contributed by atoms with Crippen molar-refractivity contribution in [2.75, 3.05) is 11.5 Å². The van der Waals surface area contributed by atoms with Gasteiger partial charge in [-0.25, -0.2) is 4.39 Å². The average molecular weight is 255 g/mol. The van der Waals surface area contributed by atoms with E-state index in [1.54, 1.807) is 6.07 Å². The highest BCUT2D eigenvalue weighted by Gasteiger charge is 2.17. The van der Waals surface area contributed by atoms with Crippen molar-refractivity contribution in [3.05, 3.63) is 35.1 Å². The summed E-state index contributed by atoms with van der Waals surface area (Å²) in [6, 6.07) is 5.56. The van der Waals surface area contributed by atoms with E-state index < -0.39 is 10.8 Å². The van der Waals surface area contributed by atoms with Crippen LogP contribution in [0.4, 0.5) is 4.39 Å². The van der Waals surface area contributed by atoms with Crippen LogP contribution in [0.2, 0.25) is 0 Å². The van der Waals surface area contributed by atoms with Gasteiger partial charge in [-0.3, -0.25) is 4.21 Å². The largest absolute Gasteiger partial charge is 0.310 e. The fraction of sp³-hybridized carbons (Fsp3) is 0.538. The highest BCUT2D eigenvalue weighted by Crippen LogP contribution is 2.13. The molecule has 0 atom stereocenters. The summed E-state index contributed by atoms with van der Waals surface area (Å²) in [7, 11) is -0.631. The van der Waals surface area contributed by atoms with Crippen LogP contribution in [-0.2, 0) is 17.3 Å². The van der Waals surface area contributed by atoms with E-state index in [1.165, 1.54) is 6.07 Å². The molecule has 1 N–H and O–H groups in total. The van der Waals surface area contributed by atoms with Crippen LogP contribution < -0.4 is 5.32 Å². The number of hydrogen-bond donors (Lipinski definition) is 1. The zero-order chi connectivity index (χ0) is 12.3. The molecule has 1 aromatic rings. The molecule has 1 heterocycles. The molecule has 1 aromatic carbocycles. The van der Waals surface area contributed by atoms with Gasteiger partial charge in [0, 0.05) is 40.5 Å². The number of nitrogens with one attached hydrogen (secondary N) is 1. The number of halogens is 1. The first kappa shape index (κ1) is 12.7. The van der Waals surface area contributed by atoms with Crippen LogP contribution in [0.5, 0.6) is 0 Å². The van der Waals surface area contributed by atoms with E-state index in [1.807, 2.05) is 13.0 Å². The molecule has 4 heteroatoms. The van der Waals surface area contributed by atoms with Gasteiger partial charge >= 0.3 is 0 Å². The Balaban J connectivity index is 1.89. The molecule has 2 nitrogen and oxygen atoms in total. The van der Waals surface area contributed by atoms with E-state index in [-0.39, 0.29) is 5.82 Å². The molecule has 1 saturated heterocycles. The summed E-state index contributed by atoms with van der Waals surface area (Å²) >= 11 is 0. The fourth-order valence-corrected chi connectivity index (χ4v) is 3.39. The van der Waals surface area contributed by atoms with E-state index in [9.17, 15) is 8.60 Å². The SMILES string of the molecule is Cc1ccc(F)c(CNC2CCS(=O)CC2)c1. The van der Waals surface area contributed by atoms with Crippen LogP contribution in [0.15, 0.2) is 18.2 Å². The van der Waals surface area contributed by atoms with E-state index in [2.05, 4.69) is 5.32 Å². The zero-order valence-electron chi connectivity index (χ0n) is 10.0. The highest BCUT2D eigenvalue weighted by atomic mass is 32.2. The molecule has 0 amide bonds. The molecule has 17 heavy (non-hydrogen) atoms. The van der Waals surface area contributed by atoms with Crippen molar-refractivity contribution < 1.29 is 8.60 Å². The monoisotopic (exact) mass is 255 g/mol. The number of rotatable bonds is 3. The van der Waals surface area contributed by atoms with Gasteiger partial charge in [-0.1, -0.05) is 17.7 Å². The molecule has 1 fully saturated rings. The summed E-state index contributed by atoms with van der Waals surface area (Å²) in [4.78, 5) is 0. The van der Waals surface area contributed by atoms with Gasteiger partial charge in [-0.2, -0.15) is 0 Å². The number of benzene rings is 1. The Morgan fingerprint density at radius 3 is 2.82 bits per heavy atom. The van der Waals surface area contributed by atoms with Crippen LogP contribution in [0.25, 0.3) is 0 Å². The van der Waals surface area contributed by atoms with Gasteiger partial charge in [0.25, 0.3) is 0 Å². The van der Waals surface area contributed by atoms with Gasteiger partial charge in [0.05, 0.1) is 0 Å². The maximum Gasteiger partial charge on any atom is 0.127 e. The fourth-order valence-electron chi connectivity index (χ4n) is 2.09. The van der Waals surface area contributed by atoms with Gasteiger partial charge in [0.1, 0.15) is 5.82 Å². The molecule has 94 valence electrons. The summed E-state index contributed by atoms with van der Waals surface area (Å²) in [5.41, 5.74) is 1.80. The predicted molar refractivity (Wildman–Crippen MR) is 68.9 cm³/mol. The minimum absolute atomic E-state index is 0.150. The first-order valence-corrected chi connectivity index (χ1v) is 7.47. The second-order valence-electron chi connectivity index (χ2n) is 4.60. The third-order valence-corrected chi connectivity index (χ3v) is 4.55. The Bertz CT molecular complexity index is 412. The van der Waals surface area contributed by atoms with E-state index in [4.69, 9.17) is 0 Å². The van der Waals surface area contributed by atoms with Crippen molar-refractivity contribution in [2.24, 2.45) is 0 Å². The minimum Gasteiger partial charge on any atom is -0.310 e. The molecule has 0 spiro atoms. The Morgan fingerprint density at radius 1 is 1.41 bits per heavy atom. The highest BCUT2D eigenvalue weighted by molar-refractivity contribution is 7.85. The molecule has 0 aliphatic carbocycles. The van der Waals surface area contributed by atoms with Crippen LogP contribution in [0.3, 0.4) is 0 Å². The Hall–Kier alpha value is -0.740. The summed E-state index contributed by atoms with van der Waals surface area (Å²) in [5.74, 6) is 1.39. The van der Waals surface area contributed by atoms with E-state index in [0.717, 1.165) is 35.5 Å². The zero-order valence-corrected chi connectivity index (χ0v) is 10.9. The van der Waals surface area contributed by atoms with Gasteiger partial charge in [0.15, 0.2) is 0 Å². The Kier molecular flexibility index (Phi) is 4.29. The molecule has 0 aromatic heterocycles. The Labute approximate surface area is 104 Å².